The second-order valence-electron chi connectivity index (χ2n) is 14.2. The lowest BCUT2D eigenvalue weighted by molar-refractivity contribution is 1.07. The smallest absolute Gasteiger partial charge is 0.164 e. The molecule has 0 saturated carbocycles. The van der Waals surface area contributed by atoms with Crippen LogP contribution in [0.2, 0.25) is 0 Å². The minimum Gasteiger partial charge on any atom is -0.309 e. The van der Waals surface area contributed by atoms with Gasteiger partial charge in [-0.1, -0.05) is 140 Å². The Morgan fingerprint density at radius 1 is 0.333 bits per heavy atom. The average Bonchev–Trinajstić information content (AvgIpc) is 3.63. The van der Waals surface area contributed by atoms with Gasteiger partial charge in [0.05, 0.1) is 27.8 Å². The second kappa shape index (κ2) is 13.5. The Morgan fingerprint density at radius 3 is 1.74 bits per heavy atom. The van der Waals surface area contributed by atoms with E-state index in [-0.39, 0.29) is 0 Å². The highest BCUT2D eigenvalue weighted by Gasteiger charge is 2.16. The number of hydrogen-bond donors (Lipinski definition) is 0. The third-order valence-corrected chi connectivity index (χ3v) is 10.7. The Kier molecular flexibility index (Phi) is 7.71. The molecule has 0 aliphatic rings. The maximum absolute atomic E-state index is 5.10. The molecule has 0 fully saturated rings. The summed E-state index contributed by atoms with van der Waals surface area (Å²) in [4.78, 5) is 24.9. The van der Waals surface area contributed by atoms with E-state index in [2.05, 4.69) is 149 Å². The number of rotatable bonds is 6. The Labute approximate surface area is 328 Å². The molecule has 7 aromatic carbocycles. The number of pyridine rings is 2. The number of para-hydroxylation sites is 2. The lowest BCUT2D eigenvalue weighted by Gasteiger charge is -2.11. The van der Waals surface area contributed by atoms with Gasteiger partial charge in [-0.25, -0.2) is 19.9 Å². The second-order valence-corrected chi connectivity index (χ2v) is 14.2. The van der Waals surface area contributed by atoms with Crippen LogP contribution >= 0.6 is 0 Å². The molecule has 0 spiro atoms. The highest BCUT2D eigenvalue weighted by atomic mass is 15.0. The number of fused-ring (bicyclic) bond motifs is 6. The first-order valence-corrected chi connectivity index (χ1v) is 19.0. The normalized spacial score (nSPS) is 11.5. The van der Waals surface area contributed by atoms with E-state index in [0.29, 0.717) is 17.5 Å². The summed E-state index contributed by atoms with van der Waals surface area (Å²) in [6.45, 7) is 0. The molecule has 6 nitrogen and oxygen atoms in total. The molecule has 11 aromatic rings. The molecule has 0 radical (unpaired) electrons. The lowest BCUT2D eigenvalue weighted by Crippen LogP contribution is -2.00. The van der Waals surface area contributed by atoms with Gasteiger partial charge in [0.2, 0.25) is 0 Å². The van der Waals surface area contributed by atoms with Crippen molar-refractivity contribution in [2.24, 2.45) is 0 Å². The van der Waals surface area contributed by atoms with Crippen molar-refractivity contribution in [1.82, 2.24) is 29.5 Å². The fourth-order valence-corrected chi connectivity index (χ4v) is 7.87. The van der Waals surface area contributed by atoms with Gasteiger partial charge in [-0.15, -0.1) is 0 Å². The van der Waals surface area contributed by atoms with E-state index >= 15 is 0 Å². The maximum Gasteiger partial charge on any atom is 0.164 e. The van der Waals surface area contributed by atoms with Crippen LogP contribution in [0.1, 0.15) is 0 Å². The third kappa shape index (κ3) is 5.79. The molecule has 6 heteroatoms. The molecule has 0 atom stereocenters. The van der Waals surface area contributed by atoms with Crippen LogP contribution in [0.5, 0.6) is 0 Å². The number of aromatic nitrogens is 6. The van der Waals surface area contributed by atoms with E-state index in [0.717, 1.165) is 66.6 Å². The van der Waals surface area contributed by atoms with Crippen molar-refractivity contribution in [1.29, 1.82) is 0 Å². The van der Waals surface area contributed by atoms with Crippen molar-refractivity contribution in [2.45, 2.75) is 0 Å². The van der Waals surface area contributed by atoms with Gasteiger partial charge in [0.1, 0.15) is 0 Å². The first-order valence-electron chi connectivity index (χ1n) is 19.0. The Hall–Kier alpha value is -7.83. The molecule has 0 N–H and O–H groups in total. The molecule has 0 amide bonds. The quantitative estimate of drug-likeness (QED) is 0.159. The first-order chi connectivity index (χ1) is 28.2. The van der Waals surface area contributed by atoms with Crippen LogP contribution < -0.4 is 0 Å². The van der Waals surface area contributed by atoms with Crippen molar-refractivity contribution < 1.29 is 0 Å². The summed E-state index contributed by atoms with van der Waals surface area (Å²) >= 11 is 0. The Morgan fingerprint density at radius 2 is 0.930 bits per heavy atom. The van der Waals surface area contributed by atoms with Gasteiger partial charge in [0.25, 0.3) is 0 Å². The summed E-state index contributed by atoms with van der Waals surface area (Å²) in [5.74, 6) is 1.82. The van der Waals surface area contributed by atoms with Gasteiger partial charge in [0.15, 0.2) is 17.5 Å². The zero-order valence-electron chi connectivity index (χ0n) is 30.7. The van der Waals surface area contributed by atoms with Gasteiger partial charge in [-0.3, -0.25) is 4.98 Å². The minimum atomic E-state index is 0.595. The topological polar surface area (TPSA) is 69.4 Å². The van der Waals surface area contributed by atoms with Crippen LogP contribution in [0.4, 0.5) is 0 Å². The fraction of sp³-hybridized carbons (Fsp3) is 0. The predicted molar refractivity (Wildman–Crippen MR) is 232 cm³/mol. The molecule has 266 valence electrons. The molecule has 0 bridgehead atoms. The van der Waals surface area contributed by atoms with Gasteiger partial charge >= 0.3 is 0 Å². The van der Waals surface area contributed by atoms with Gasteiger partial charge in [-0.05, 0) is 59.7 Å². The summed E-state index contributed by atoms with van der Waals surface area (Å²) < 4.78 is 2.34. The highest BCUT2D eigenvalue weighted by Crippen LogP contribution is 2.36. The van der Waals surface area contributed by atoms with Crippen molar-refractivity contribution in [3.63, 3.8) is 0 Å². The van der Waals surface area contributed by atoms with E-state index in [1.807, 2.05) is 54.7 Å². The first kappa shape index (κ1) is 32.6. The minimum absolute atomic E-state index is 0.595. The Balaban J connectivity index is 0.980. The van der Waals surface area contributed by atoms with Crippen LogP contribution in [0.15, 0.2) is 194 Å². The molecule has 0 aliphatic carbocycles. The molecule has 0 saturated heterocycles. The van der Waals surface area contributed by atoms with E-state index in [1.165, 1.54) is 21.8 Å². The van der Waals surface area contributed by atoms with Crippen LogP contribution in [-0.4, -0.2) is 29.5 Å². The standard InChI is InChI=1S/C51H32N6/c1-3-11-36(12-4-1)49-54-50(56-51(55-49)40-14-9-13-39(31-40)44-28-26-35-23-22-34-15-10-30-52-47(34)48(35)53-44)37-24-20-33(21-25-37)38-27-29-46-43(32-38)42-18-7-8-19-45(42)57(46)41-16-5-2-6-17-41/h1-32H. The number of hydrogen-bond acceptors (Lipinski definition) is 5. The molecular weight excluding hydrogens is 697 g/mol. The van der Waals surface area contributed by atoms with E-state index in [1.54, 1.807) is 0 Å². The lowest BCUT2D eigenvalue weighted by atomic mass is 10.0. The molecule has 0 unspecified atom stereocenters. The zero-order chi connectivity index (χ0) is 37.7. The third-order valence-electron chi connectivity index (χ3n) is 10.7. The molecule has 11 rings (SSSR count). The average molecular weight is 729 g/mol. The van der Waals surface area contributed by atoms with Crippen molar-refractivity contribution in [2.75, 3.05) is 0 Å². The predicted octanol–water partition coefficient (Wildman–Crippen LogP) is 12.4. The van der Waals surface area contributed by atoms with Gasteiger partial charge in [-0.2, -0.15) is 0 Å². The van der Waals surface area contributed by atoms with Crippen LogP contribution in [0.3, 0.4) is 0 Å². The molecule has 57 heavy (non-hydrogen) atoms. The fourth-order valence-electron chi connectivity index (χ4n) is 7.87. The van der Waals surface area contributed by atoms with Gasteiger partial charge < -0.3 is 4.57 Å². The maximum atomic E-state index is 5.10. The van der Waals surface area contributed by atoms with Crippen molar-refractivity contribution in [3.05, 3.63) is 194 Å². The van der Waals surface area contributed by atoms with Crippen LogP contribution in [0, 0.1) is 0 Å². The van der Waals surface area contributed by atoms with Crippen molar-refractivity contribution in [3.8, 4) is 62.2 Å². The van der Waals surface area contributed by atoms with E-state index in [9.17, 15) is 0 Å². The van der Waals surface area contributed by atoms with Crippen LogP contribution in [-0.2, 0) is 0 Å². The van der Waals surface area contributed by atoms with E-state index < -0.39 is 0 Å². The monoisotopic (exact) mass is 728 g/mol. The molecule has 4 heterocycles. The summed E-state index contributed by atoms with van der Waals surface area (Å²) in [6, 6.07) is 65.2. The largest absolute Gasteiger partial charge is 0.309 e. The number of benzene rings is 7. The summed E-state index contributed by atoms with van der Waals surface area (Å²) in [7, 11) is 0. The van der Waals surface area contributed by atoms with Gasteiger partial charge in [0, 0.05) is 55.7 Å². The van der Waals surface area contributed by atoms with Crippen LogP contribution in [0.25, 0.3) is 106 Å². The molecule has 0 aliphatic heterocycles. The van der Waals surface area contributed by atoms with E-state index in [4.69, 9.17) is 19.9 Å². The number of nitrogens with zero attached hydrogens (tertiary/aromatic N) is 6. The molecular formula is C51H32N6. The SMILES string of the molecule is c1ccc(-c2nc(-c3ccc(-c4ccc5c(c4)c4ccccc4n5-c4ccccc4)cc3)nc(-c3cccc(-c4ccc5ccc6cccnc6c5n4)c3)n2)cc1. The molecule has 4 aromatic heterocycles. The highest BCUT2D eigenvalue weighted by molar-refractivity contribution is 6.10. The summed E-state index contributed by atoms with van der Waals surface area (Å²) in [5, 5.41) is 4.57. The summed E-state index contributed by atoms with van der Waals surface area (Å²) in [6.07, 6.45) is 1.82. The zero-order valence-corrected chi connectivity index (χ0v) is 30.7. The van der Waals surface area contributed by atoms with Crippen molar-refractivity contribution >= 4 is 43.6 Å². The Bertz CT molecular complexity index is 3280. The summed E-state index contributed by atoms with van der Waals surface area (Å²) in [5.41, 5.74) is 12.1.